The van der Waals surface area contributed by atoms with Crippen molar-refractivity contribution in [2.24, 2.45) is 0 Å². The summed E-state index contributed by atoms with van der Waals surface area (Å²) < 4.78 is 32.0. The van der Waals surface area contributed by atoms with Crippen LogP contribution < -0.4 is 10.1 Å². The van der Waals surface area contributed by atoms with Crippen molar-refractivity contribution in [3.63, 3.8) is 0 Å². The molecule has 104 valence electrons. The van der Waals surface area contributed by atoms with E-state index in [1.54, 1.807) is 13.8 Å². The smallest absolute Gasteiger partial charge is 0.260 e. The lowest BCUT2D eigenvalue weighted by molar-refractivity contribution is -0.127. The van der Waals surface area contributed by atoms with E-state index in [-0.39, 0.29) is 11.6 Å². The molecule has 0 bridgehead atoms. The molecule has 1 amide bonds. The SMILES string of the molecule is CC(C)NC(=O)C(C)Oc1c(F)cc(C=O)cc1F. The van der Waals surface area contributed by atoms with Crippen molar-refractivity contribution in [1.82, 2.24) is 5.32 Å². The highest BCUT2D eigenvalue weighted by Crippen LogP contribution is 2.23. The van der Waals surface area contributed by atoms with Crippen LogP contribution in [0.4, 0.5) is 8.78 Å². The number of ether oxygens (including phenoxy) is 1. The minimum Gasteiger partial charge on any atom is -0.475 e. The second-order valence-electron chi connectivity index (χ2n) is 4.35. The molecule has 0 saturated carbocycles. The third-order valence-electron chi connectivity index (χ3n) is 2.25. The average Bonchev–Trinajstić information content (AvgIpc) is 2.32. The van der Waals surface area contributed by atoms with Gasteiger partial charge in [0.05, 0.1) is 0 Å². The minimum atomic E-state index is -1.05. The normalized spacial score (nSPS) is 12.1. The van der Waals surface area contributed by atoms with Crippen LogP contribution in [0.5, 0.6) is 5.75 Å². The lowest BCUT2D eigenvalue weighted by Crippen LogP contribution is -2.40. The summed E-state index contributed by atoms with van der Waals surface area (Å²) in [5.74, 6) is -3.19. The predicted octanol–water partition coefficient (Wildman–Crippen LogP) is 2.07. The molecule has 1 unspecified atom stereocenters. The van der Waals surface area contributed by atoms with Gasteiger partial charge in [0.2, 0.25) is 0 Å². The van der Waals surface area contributed by atoms with Gasteiger partial charge in [0, 0.05) is 11.6 Å². The lowest BCUT2D eigenvalue weighted by atomic mass is 10.2. The van der Waals surface area contributed by atoms with E-state index in [0.29, 0.717) is 6.29 Å². The van der Waals surface area contributed by atoms with E-state index in [0.717, 1.165) is 12.1 Å². The van der Waals surface area contributed by atoms with Crippen LogP contribution in [0.3, 0.4) is 0 Å². The molecule has 0 spiro atoms. The van der Waals surface area contributed by atoms with Gasteiger partial charge in [0.15, 0.2) is 23.5 Å². The zero-order valence-corrected chi connectivity index (χ0v) is 10.9. The Hall–Kier alpha value is -1.98. The van der Waals surface area contributed by atoms with Crippen LogP contribution in [-0.2, 0) is 4.79 Å². The number of hydrogen-bond donors (Lipinski definition) is 1. The molecule has 6 heteroatoms. The van der Waals surface area contributed by atoms with Crippen molar-refractivity contribution in [1.29, 1.82) is 0 Å². The van der Waals surface area contributed by atoms with Gasteiger partial charge in [-0.15, -0.1) is 0 Å². The Balaban J connectivity index is 2.88. The maximum atomic E-state index is 13.5. The summed E-state index contributed by atoms with van der Waals surface area (Å²) in [5.41, 5.74) is -0.137. The predicted molar refractivity (Wildman–Crippen MR) is 65.1 cm³/mol. The highest BCUT2D eigenvalue weighted by Gasteiger charge is 2.20. The van der Waals surface area contributed by atoms with Crippen molar-refractivity contribution >= 4 is 12.2 Å². The minimum absolute atomic E-state index is 0.106. The van der Waals surface area contributed by atoms with Crippen LogP contribution in [-0.4, -0.2) is 24.3 Å². The number of nitrogens with one attached hydrogen (secondary N) is 1. The van der Waals surface area contributed by atoms with Crippen molar-refractivity contribution in [3.8, 4) is 5.75 Å². The maximum Gasteiger partial charge on any atom is 0.260 e. The average molecular weight is 271 g/mol. The van der Waals surface area contributed by atoms with Crippen LogP contribution >= 0.6 is 0 Å². The molecule has 0 aliphatic rings. The fourth-order valence-electron chi connectivity index (χ4n) is 1.39. The standard InChI is InChI=1S/C13H15F2NO3/c1-7(2)16-13(18)8(3)19-12-10(14)4-9(6-17)5-11(12)15/h4-8H,1-3H3,(H,16,18). The van der Waals surface area contributed by atoms with E-state index < -0.39 is 29.4 Å². The first kappa shape index (κ1) is 15.1. The molecule has 1 atom stereocenters. The van der Waals surface area contributed by atoms with Crippen molar-refractivity contribution in [2.45, 2.75) is 32.9 Å². The molecule has 1 N–H and O–H groups in total. The monoisotopic (exact) mass is 271 g/mol. The van der Waals surface area contributed by atoms with Crippen LogP contribution in [0.15, 0.2) is 12.1 Å². The third kappa shape index (κ3) is 4.01. The first-order valence-corrected chi connectivity index (χ1v) is 5.76. The summed E-state index contributed by atoms with van der Waals surface area (Å²) in [6.45, 7) is 4.89. The zero-order chi connectivity index (χ0) is 14.6. The number of benzene rings is 1. The molecule has 1 rings (SSSR count). The summed E-state index contributed by atoms with van der Waals surface area (Å²) in [6, 6.07) is 1.59. The first-order chi connectivity index (χ1) is 8.85. The molecule has 0 fully saturated rings. The number of hydrogen-bond acceptors (Lipinski definition) is 3. The van der Waals surface area contributed by atoms with Crippen molar-refractivity contribution in [3.05, 3.63) is 29.3 Å². The van der Waals surface area contributed by atoms with Gasteiger partial charge in [0.1, 0.15) is 6.29 Å². The second kappa shape index (κ2) is 6.26. The molecule has 19 heavy (non-hydrogen) atoms. The number of carbonyl (C=O) groups is 2. The molecular formula is C13H15F2NO3. The van der Waals surface area contributed by atoms with Gasteiger partial charge in [-0.2, -0.15) is 0 Å². The lowest BCUT2D eigenvalue weighted by Gasteiger charge is -2.17. The molecule has 0 aliphatic carbocycles. The van der Waals surface area contributed by atoms with Crippen LogP contribution in [0, 0.1) is 11.6 Å². The molecule has 0 heterocycles. The topological polar surface area (TPSA) is 55.4 Å². The van der Waals surface area contributed by atoms with E-state index in [2.05, 4.69) is 5.32 Å². The first-order valence-electron chi connectivity index (χ1n) is 5.76. The third-order valence-corrected chi connectivity index (χ3v) is 2.25. The van der Waals surface area contributed by atoms with Crippen LogP contribution in [0.1, 0.15) is 31.1 Å². The maximum absolute atomic E-state index is 13.5. The molecule has 4 nitrogen and oxygen atoms in total. The molecule has 1 aromatic rings. The molecule has 1 aromatic carbocycles. The van der Waals surface area contributed by atoms with Crippen LogP contribution in [0.2, 0.25) is 0 Å². The Bertz CT molecular complexity index is 466. The van der Waals surface area contributed by atoms with Crippen molar-refractivity contribution in [2.75, 3.05) is 0 Å². The number of amides is 1. The van der Waals surface area contributed by atoms with Gasteiger partial charge in [0.25, 0.3) is 5.91 Å². The zero-order valence-electron chi connectivity index (χ0n) is 10.9. The fourth-order valence-corrected chi connectivity index (χ4v) is 1.39. The fraction of sp³-hybridized carbons (Fsp3) is 0.385. The van der Waals surface area contributed by atoms with Gasteiger partial charge in [-0.05, 0) is 32.9 Å². The summed E-state index contributed by atoms with van der Waals surface area (Å²) in [4.78, 5) is 22.0. The van der Waals surface area contributed by atoms with Crippen LogP contribution in [0.25, 0.3) is 0 Å². The van der Waals surface area contributed by atoms with Gasteiger partial charge in [-0.1, -0.05) is 0 Å². The summed E-state index contributed by atoms with van der Waals surface area (Å²) in [5, 5.41) is 2.56. The highest BCUT2D eigenvalue weighted by atomic mass is 19.1. The Morgan fingerprint density at radius 2 is 1.79 bits per heavy atom. The van der Waals surface area contributed by atoms with E-state index >= 15 is 0 Å². The quantitative estimate of drug-likeness (QED) is 0.834. The van der Waals surface area contributed by atoms with E-state index in [9.17, 15) is 18.4 Å². The molecule has 0 aromatic heterocycles. The van der Waals surface area contributed by atoms with Crippen molar-refractivity contribution < 1.29 is 23.1 Å². The molecule has 0 saturated heterocycles. The summed E-state index contributed by atoms with van der Waals surface area (Å²) >= 11 is 0. The molecular weight excluding hydrogens is 256 g/mol. The Morgan fingerprint density at radius 1 is 1.26 bits per heavy atom. The second-order valence-corrected chi connectivity index (χ2v) is 4.35. The van der Waals surface area contributed by atoms with Gasteiger partial charge in [-0.25, -0.2) is 8.78 Å². The Morgan fingerprint density at radius 3 is 2.21 bits per heavy atom. The number of carbonyl (C=O) groups excluding carboxylic acids is 2. The Labute approximate surface area is 109 Å². The highest BCUT2D eigenvalue weighted by molar-refractivity contribution is 5.81. The van der Waals surface area contributed by atoms with E-state index in [1.807, 2.05) is 0 Å². The van der Waals surface area contributed by atoms with Gasteiger partial charge in [-0.3, -0.25) is 9.59 Å². The van der Waals surface area contributed by atoms with E-state index in [1.165, 1.54) is 6.92 Å². The number of rotatable bonds is 5. The summed E-state index contributed by atoms with van der Waals surface area (Å²) in [6.07, 6.45) is -0.723. The van der Waals surface area contributed by atoms with Gasteiger partial charge < -0.3 is 10.1 Å². The Kier molecular flexibility index (Phi) is 4.97. The van der Waals surface area contributed by atoms with E-state index in [4.69, 9.17) is 4.74 Å². The summed E-state index contributed by atoms with van der Waals surface area (Å²) in [7, 11) is 0. The number of aldehydes is 1. The largest absolute Gasteiger partial charge is 0.475 e. The molecule has 0 radical (unpaired) electrons. The number of halogens is 2. The van der Waals surface area contributed by atoms with Gasteiger partial charge >= 0.3 is 0 Å². The molecule has 0 aliphatic heterocycles.